The third-order valence-electron chi connectivity index (χ3n) is 11.3. The second-order valence-electron chi connectivity index (χ2n) is 13.4. The quantitative estimate of drug-likeness (QED) is 0.182. The summed E-state index contributed by atoms with van der Waals surface area (Å²) in [4.78, 5) is 13.3. The van der Waals surface area contributed by atoms with Crippen LogP contribution in [0.25, 0.3) is 11.8 Å². The van der Waals surface area contributed by atoms with Gasteiger partial charge in [0, 0.05) is 18.3 Å². The van der Waals surface area contributed by atoms with Crippen molar-refractivity contribution < 1.29 is 28.2 Å². The molecule has 4 aliphatic carbocycles. The van der Waals surface area contributed by atoms with Gasteiger partial charge in [-0.2, -0.15) is 5.10 Å². The number of allylic oxidation sites excluding steroid dienone is 1. The minimum atomic E-state index is -0.732. The SMILES string of the molecule is COCSC[C@@]1(OC(=O)c2ccco2)CC[C@H]2[C@@H]3CCC4=Cc5c(cnn5-c5ccc(F)cc5)C[C@]4(C)[C@H]3[C@@H](O)C[C@@]21C. The van der Waals surface area contributed by atoms with E-state index in [-0.39, 0.29) is 28.3 Å². The average molecular weight is 607 g/mol. The number of ether oxygens (including phenoxy) is 2. The van der Waals surface area contributed by atoms with E-state index in [9.17, 15) is 14.3 Å². The molecule has 7 atom stereocenters. The van der Waals surface area contributed by atoms with Crippen molar-refractivity contribution in [1.29, 1.82) is 0 Å². The van der Waals surface area contributed by atoms with Gasteiger partial charge in [0.25, 0.3) is 0 Å². The van der Waals surface area contributed by atoms with Crippen LogP contribution in [-0.2, 0) is 15.9 Å². The molecule has 0 aliphatic heterocycles. The number of fused-ring (bicyclic) bond motifs is 6. The fourth-order valence-electron chi connectivity index (χ4n) is 9.40. The Morgan fingerprint density at radius 3 is 2.79 bits per heavy atom. The van der Waals surface area contributed by atoms with Gasteiger partial charge in [0.15, 0.2) is 0 Å². The van der Waals surface area contributed by atoms with Crippen LogP contribution in [0.2, 0.25) is 0 Å². The number of halogens is 1. The topological polar surface area (TPSA) is 86.7 Å². The molecule has 4 aliphatic rings. The fourth-order valence-corrected chi connectivity index (χ4v) is 10.5. The highest BCUT2D eigenvalue weighted by Crippen LogP contribution is 2.68. The van der Waals surface area contributed by atoms with Crippen molar-refractivity contribution >= 4 is 23.8 Å². The standard InChI is InChI=1S/C34H39FN2O5S/c1-32-16-21-18-36-37(24-9-7-23(35)8-10-24)27(21)15-22(32)6-11-25-26-12-13-34(19-43-20-40-3,33(26,2)17-28(38)30(25)32)42-31(39)29-5-4-14-41-29/h4-5,7-10,14-15,18,25-26,28,30,38H,6,11-13,16-17,19-20H2,1-3H3/t25-,26-,28-,30+,32-,33-,34-/m0/s1. The Morgan fingerprint density at radius 2 is 2.05 bits per heavy atom. The van der Waals surface area contributed by atoms with Crippen molar-refractivity contribution in [2.45, 2.75) is 64.1 Å². The predicted octanol–water partition coefficient (Wildman–Crippen LogP) is 6.69. The van der Waals surface area contributed by atoms with Crippen LogP contribution < -0.4 is 0 Å². The summed E-state index contributed by atoms with van der Waals surface area (Å²) in [6, 6.07) is 9.78. The molecule has 1 N–H and O–H groups in total. The summed E-state index contributed by atoms with van der Waals surface area (Å²) < 4.78 is 32.7. The zero-order chi connectivity index (χ0) is 30.0. The van der Waals surface area contributed by atoms with Gasteiger partial charge in [-0.05, 0) is 110 Å². The first kappa shape index (κ1) is 28.9. The minimum absolute atomic E-state index is 0.0936. The number of aliphatic hydroxyl groups is 1. The summed E-state index contributed by atoms with van der Waals surface area (Å²) in [6.07, 6.45) is 10.2. The average Bonchev–Trinajstić information content (AvgIpc) is 3.71. The van der Waals surface area contributed by atoms with Crippen LogP contribution in [-0.4, -0.2) is 51.4 Å². The Kier molecular flexibility index (Phi) is 7.14. The van der Waals surface area contributed by atoms with Crippen molar-refractivity contribution in [3.8, 4) is 5.69 Å². The van der Waals surface area contributed by atoms with Gasteiger partial charge in [0.05, 0.1) is 35.9 Å². The van der Waals surface area contributed by atoms with E-state index in [1.165, 1.54) is 24.0 Å². The molecule has 3 aromatic rings. The minimum Gasteiger partial charge on any atom is -0.457 e. The van der Waals surface area contributed by atoms with E-state index < -0.39 is 17.7 Å². The maximum Gasteiger partial charge on any atom is 0.374 e. The summed E-state index contributed by atoms with van der Waals surface area (Å²) in [7, 11) is 1.68. The molecule has 9 heteroatoms. The van der Waals surface area contributed by atoms with Gasteiger partial charge >= 0.3 is 5.97 Å². The number of esters is 1. The Balaban J connectivity index is 1.20. The van der Waals surface area contributed by atoms with Crippen molar-refractivity contribution in [2.75, 3.05) is 18.8 Å². The van der Waals surface area contributed by atoms with Crippen molar-refractivity contribution in [3.05, 3.63) is 77.3 Å². The number of rotatable bonds is 7. The monoisotopic (exact) mass is 606 g/mol. The molecule has 0 spiro atoms. The maximum absolute atomic E-state index is 13.6. The Hall–Kier alpha value is -2.88. The molecule has 43 heavy (non-hydrogen) atoms. The Bertz CT molecular complexity index is 1540. The number of aliphatic hydroxyl groups excluding tert-OH is 1. The van der Waals surface area contributed by atoms with Gasteiger partial charge in [-0.25, -0.2) is 13.9 Å². The number of carbonyl (C=O) groups excluding carboxylic acids is 1. The number of nitrogens with zero attached hydrogens (tertiary/aromatic N) is 2. The molecule has 1 aromatic carbocycles. The summed E-state index contributed by atoms with van der Waals surface area (Å²) in [6.45, 7) is 4.57. The van der Waals surface area contributed by atoms with E-state index in [0.717, 1.165) is 49.0 Å². The molecule has 7 nitrogen and oxygen atoms in total. The number of furan rings is 1. The summed E-state index contributed by atoms with van der Waals surface area (Å²) in [5, 5.41) is 16.8. The predicted molar refractivity (Wildman–Crippen MR) is 162 cm³/mol. The molecule has 2 aromatic heterocycles. The fraction of sp³-hybridized carbons (Fsp3) is 0.529. The highest BCUT2D eigenvalue weighted by Gasteiger charge is 2.68. The van der Waals surface area contributed by atoms with Crippen LogP contribution in [0.4, 0.5) is 4.39 Å². The number of carbonyl (C=O) groups is 1. The summed E-state index contributed by atoms with van der Waals surface area (Å²) >= 11 is 1.63. The first-order valence-electron chi connectivity index (χ1n) is 15.2. The molecule has 0 bridgehead atoms. The van der Waals surface area contributed by atoms with Gasteiger partial charge < -0.3 is 19.0 Å². The smallest absolute Gasteiger partial charge is 0.374 e. The van der Waals surface area contributed by atoms with Crippen molar-refractivity contribution in [3.63, 3.8) is 0 Å². The van der Waals surface area contributed by atoms with Gasteiger partial charge in [-0.1, -0.05) is 19.4 Å². The van der Waals surface area contributed by atoms with Crippen LogP contribution in [0.1, 0.15) is 67.8 Å². The number of hydrogen-bond acceptors (Lipinski definition) is 7. The molecule has 7 rings (SSSR count). The number of thioether (sulfide) groups is 1. The lowest BCUT2D eigenvalue weighted by molar-refractivity contribution is -0.164. The van der Waals surface area contributed by atoms with Crippen LogP contribution in [0.5, 0.6) is 0 Å². The normalized spacial score (nSPS) is 34.5. The molecule has 2 heterocycles. The van der Waals surface area contributed by atoms with Gasteiger partial charge in [0.2, 0.25) is 5.76 Å². The number of methoxy groups -OCH3 is 1. The van der Waals surface area contributed by atoms with Crippen molar-refractivity contribution in [1.82, 2.24) is 9.78 Å². The molecule has 228 valence electrons. The highest BCUT2D eigenvalue weighted by atomic mass is 32.2. The van der Waals surface area contributed by atoms with Gasteiger partial charge in [-0.15, -0.1) is 11.8 Å². The van der Waals surface area contributed by atoms with E-state index in [2.05, 4.69) is 19.9 Å². The summed E-state index contributed by atoms with van der Waals surface area (Å²) in [5.41, 5.74) is 3.08. The summed E-state index contributed by atoms with van der Waals surface area (Å²) in [5.74, 6) is 1.33. The second-order valence-corrected chi connectivity index (χ2v) is 14.3. The second kappa shape index (κ2) is 10.6. The third kappa shape index (κ3) is 4.45. The van der Waals surface area contributed by atoms with E-state index in [1.54, 1.807) is 43.1 Å². The van der Waals surface area contributed by atoms with E-state index >= 15 is 0 Å². The lowest BCUT2D eigenvalue weighted by Gasteiger charge is -2.61. The first-order valence-corrected chi connectivity index (χ1v) is 16.4. The molecular weight excluding hydrogens is 567 g/mol. The number of benzene rings is 1. The number of aromatic nitrogens is 2. The molecule has 0 amide bonds. The first-order chi connectivity index (χ1) is 20.7. The van der Waals surface area contributed by atoms with E-state index in [0.29, 0.717) is 29.9 Å². The van der Waals surface area contributed by atoms with Gasteiger partial charge in [0.1, 0.15) is 11.4 Å². The zero-order valence-corrected chi connectivity index (χ0v) is 25.7. The van der Waals surface area contributed by atoms with E-state index in [1.807, 2.05) is 10.9 Å². The number of hydrogen-bond donors (Lipinski definition) is 1. The largest absolute Gasteiger partial charge is 0.457 e. The highest BCUT2D eigenvalue weighted by molar-refractivity contribution is 7.99. The Morgan fingerprint density at radius 1 is 1.23 bits per heavy atom. The van der Waals surface area contributed by atoms with Crippen LogP contribution >= 0.6 is 11.8 Å². The van der Waals surface area contributed by atoms with Gasteiger partial charge in [-0.3, -0.25) is 0 Å². The molecule has 0 saturated heterocycles. The third-order valence-corrected chi connectivity index (χ3v) is 12.4. The molecule has 3 fully saturated rings. The lowest BCUT2D eigenvalue weighted by atomic mass is 9.45. The van der Waals surface area contributed by atoms with E-state index in [4.69, 9.17) is 19.0 Å². The molecular formula is C34H39FN2O5S. The molecule has 3 saturated carbocycles. The lowest BCUT2D eigenvalue weighted by Crippen LogP contribution is -2.61. The zero-order valence-electron chi connectivity index (χ0n) is 24.9. The maximum atomic E-state index is 13.6. The van der Waals surface area contributed by atoms with Crippen LogP contribution in [0.3, 0.4) is 0 Å². The van der Waals surface area contributed by atoms with Crippen LogP contribution in [0, 0.1) is 34.4 Å². The Labute approximate surface area is 255 Å². The van der Waals surface area contributed by atoms with Crippen LogP contribution in [0.15, 0.2) is 58.8 Å². The van der Waals surface area contributed by atoms with Crippen molar-refractivity contribution in [2.24, 2.45) is 28.6 Å². The molecule has 0 radical (unpaired) electrons. The molecule has 0 unspecified atom stereocenters.